The minimum absolute atomic E-state index is 0.0887. The lowest BCUT2D eigenvalue weighted by molar-refractivity contribution is -0.128. The van der Waals surface area contributed by atoms with Gasteiger partial charge in [-0.2, -0.15) is 0 Å². The Hall–Kier alpha value is -2.32. The van der Waals surface area contributed by atoms with Crippen LogP contribution in [0.1, 0.15) is 6.92 Å². The summed E-state index contributed by atoms with van der Waals surface area (Å²) < 4.78 is 4.69. The van der Waals surface area contributed by atoms with Gasteiger partial charge in [0.15, 0.2) is 0 Å². The van der Waals surface area contributed by atoms with Crippen LogP contribution >= 0.6 is 11.3 Å². The van der Waals surface area contributed by atoms with Crippen LogP contribution in [-0.4, -0.2) is 41.8 Å². The van der Waals surface area contributed by atoms with Gasteiger partial charge in [-0.25, -0.2) is 0 Å². The number of hydrogen-bond acceptors (Lipinski definition) is 6. The Balaban J connectivity index is 1.95. The maximum absolute atomic E-state index is 12.0. The number of nitrogens with zero attached hydrogens (tertiary/aromatic N) is 2. The molecule has 2 amide bonds. The second-order valence-electron chi connectivity index (χ2n) is 4.49. The highest BCUT2D eigenvalue weighted by Gasteiger charge is 2.17. The second kappa shape index (κ2) is 7.62. The molecule has 0 spiro atoms. The molecule has 2 rings (SSSR count). The smallest absolute Gasteiger partial charge is 0.248 e. The fourth-order valence-electron chi connectivity index (χ4n) is 1.66. The molecule has 2 aromatic rings. The molecule has 1 aromatic carbocycles. The molecule has 1 heterocycles. The molecule has 0 radical (unpaired) electrons. The standard InChI is InChI=1S/C14H16N4O3S/c1-9(15-11(19)8-21-2)12(20)16-14-18-17-13(22-14)10-6-4-3-5-7-10/h3-7,9H,8H2,1-2H3,(H,15,19)(H,16,18,20)/t9-/m0/s1. The second-order valence-corrected chi connectivity index (χ2v) is 5.47. The van der Waals surface area contributed by atoms with Crippen LogP contribution in [0, 0.1) is 0 Å². The number of benzene rings is 1. The molecule has 0 aliphatic heterocycles. The summed E-state index contributed by atoms with van der Waals surface area (Å²) >= 11 is 1.27. The van der Waals surface area contributed by atoms with E-state index >= 15 is 0 Å². The Bertz CT molecular complexity index is 645. The van der Waals surface area contributed by atoms with Gasteiger partial charge in [0, 0.05) is 12.7 Å². The van der Waals surface area contributed by atoms with E-state index in [4.69, 9.17) is 4.74 Å². The topological polar surface area (TPSA) is 93.2 Å². The van der Waals surface area contributed by atoms with Gasteiger partial charge in [0.05, 0.1) is 0 Å². The monoisotopic (exact) mass is 320 g/mol. The zero-order valence-corrected chi connectivity index (χ0v) is 13.0. The number of nitrogens with one attached hydrogen (secondary N) is 2. The molecule has 1 atom stereocenters. The van der Waals surface area contributed by atoms with Crippen molar-refractivity contribution in [3.63, 3.8) is 0 Å². The van der Waals surface area contributed by atoms with E-state index in [0.29, 0.717) is 10.1 Å². The van der Waals surface area contributed by atoms with E-state index in [1.54, 1.807) is 6.92 Å². The van der Waals surface area contributed by atoms with Crippen molar-refractivity contribution in [1.29, 1.82) is 0 Å². The van der Waals surface area contributed by atoms with Gasteiger partial charge < -0.3 is 10.1 Å². The maximum atomic E-state index is 12.0. The summed E-state index contributed by atoms with van der Waals surface area (Å²) in [4.78, 5) is 23.3. The van der Waals surface area contributed by atoms with Crippen LogP contribution in [0.4, 0.5) is 5.13 Å². The molecule has 0 bridgehead atoms. The molecule has 0 aliphatic carbocycles. The van der Waals surface area contributed by atoms with Gasteiger partial charge in [-0.05, 0) is 6.92 Å². The number of amides is 2. The first-order chi connectivity index (χ1) is 10.6. The summed E-state index contributed by atoms with van der Waals surface area (Å²) in [7, 11) is 1.41. The van der Waals surface area contributed by atoms with Crippen LogP contribution < -0.4 is 10.6 Å². The summed E-state index contributed by atoms with van der Waals surface area (Å²) in [5.41, 5.74) is 0.932. The molecule has 0 aliphatic rings. The zero-order valence-electron chi connectivity index (χ0n) is 12.2. The largest absolute Gasteiger partial charge is 0.375 e. The summed E-state index contributed by atoms with van der Waals surface area (Å²) in [6, 6.07) is 8.87. The van der Waals surface area contributed by atoms with Crippen molar-refractivity contribution >= 4 is 28.3 Å². The molecule has 0 fully saturated rings. The van der Waals surface area contributed by atoms with E-state index in [0.717, 1.165) is 5.56 Å². The average Bonchev–Trinajstić information content (AvgIpc) is 2.96. The van der Waals surface area contributed by atoms with Crippen LogP contribution in [0.3, 0.4) is 0 Å². The number of ether oxygens (including phenoxy) is 1. The van der Waals surface area contributed by atoms with Crippen molar-refractivity contribution in [1.82, 2.24) is 15.5 Å². The molecule has 0 unspecified atom stereocenters. The van der Waals surface area contributed by atoms with Gasteiger partial charge in [-0.1, -0.05) is 41.7 Å². The maximum Gasteiger partial charge on any atom is 0.248 e. The third-order valence-electron chi connectivity index (χ3n) is 2.72. The molecule has 0 saturated heterocycles. The number of carbonyl (C=O) groups is 2. The number of anilines is 1. The molecule has 0 saturated carbocycles. The number of carbonyl (C=O) groups excluding carboxylic acids is 2. The summed E-state index contributed by atoms with van der Waals surface area (Å²) in [6.45, 7) is 1.50. The van der Waals surface area contributed by atoms with E-state index in [9.17, 15) is 9.59 Å². The van der Waals surface area contributed by atoms with E-state index in [1.807, 2.05) is 30.3 Å². The minimum atomic E-state index is -0.688. The van der Waals surface area contributed by atoms with Gasteiger partial charge in [-0.15, -0.1) is 10.2 Å². The molecule has 1 aromatic heterocycles. The first-order valence-corrected chi connectivity index (χ1v) is 7.40. The quantitative estimate of drug-likeness (QED) is 0.836. The molecular weight excluding hydrogens is 304 g/mol. The Morgan fingerprint density at radius 3 is 2.68 bits per heavy atom. The Morgan fingerprint density at radius 2 is 2.00 bits per heavy atom. The summed E-state index contributed by atoms with van der Waals surface area (Å²) in [5.74, 6) is -0.715. The van der Waals surface area contributed by atoms with Gasteiger partial charge in [0.1, 0.15) is 17.7 Å². The van der Waals surface area contributed by atoms with Crippen LogP contribution in [0.2, 0.25) is 0 Å². The molecular formula is C14H16N4O3S. The normalized spacial score (nSPS) is 11.7. The highest BCUT2D eigenvalue weighted by atomic mass is 32.1. The number of methoxy groups -OCH3 is 1. The van der Waals surface area contributed by atoms with E-state index in [2.05, 4.69) is 20.8 Å². The first-order valence-electron chi connectivity index (χ1n) is 6.58. The third-order valence-corrected chi connectivity index (χ3v) is 3.61. The Morgan fingerprint density at radius 1 is 1.27 bits per heavy atom. The van der Waals surface area contributed by atoms with Crippen LogP contribution in [-0.2, 0) is 14.3 Å². The van der Waals surface area contributed by atoms with Crippen molar-refractivity contribution in [2.24, 2.45) is 0 Å². The van der Waals surface area contributed by atoms with Gasteiger partial charge in [-0.3, -0.25) is 14.9 Å². The molecule has 8 heteroatoms. The number of hydrogen-bond donors (Lipinski definition) is 2. The minimum Gasteiger partial charge on any atom is -0.375 e. The third kappa shape index (κ3) is 4.34. The van der Waals surface area contributed by atoms with Crippen molar-refractivity contribution < 1.29 is 14.3 Å². The number of aromatic nitrogens is 2. The van der Waals surface area contributed by atoms with Crippen LogP contribution in [0.15, 0.2) is 30.3 Å². The predicted octanol–water partition coefficient (Wildman–Crippen LogP) is 1.29. The van der Waals surface area contributed by atoms with Crippen molar-refractivity contribution in [3.8, 4) is 10.6 Å². The first kappa shape index (κ1) is 16.1. The highest BCUT2D eigenvalue weighted by Crippen LogP contribution is 2.25. The highest BCUT2D eigenvalue weighted by molar-refractivity contribution is 7.18. The number of rotatable bonds is 6. The van der Waals surface area contributed by atoms with Crippen molar-refractivity contribution in [3.05, 3.63) is 30.3 Å². The van der Waals surface area contributed by atoms with Gasteiger partial charge >= 0.3 is 0 Å². The fourth-order valence-corrected chi connectivity index (χ4v) is 2.42. The summed E-state index contributed by atoms with van der Waals surface area (Å²) in [6.07, 6.45) is 0. The van der Waals surface area contributed by atoms with Gasteiger partial charge in [0.2, 0.25) is 16.9 Å². The molecule has 7 nitrogen and oxygen atoms in total. The SMILES string of the molecule is COCC(=O)N[C@@H](C)C(=O)Nc1nnc(-c2ccccc2)s1. The lowest BCUT2D eigenvalue weighted by Crippen LogP contribution is -2.43. The van der Waals surface area contributed by atoms with E-state index in [-0.39, 0.29) is 18.4 Å². The van der Waals surface area contributed by atoms with Crippen molar-refractivity contribution in [2.75, 3.05) is 19.0 Å². The van der Waals surface area contributed by atoms with E-state index < -0.39 is 6.04 Å². The molecule has 2 N–H and O–H groups in total. The lowest BCUT2D eigenvalue weighted by Gasteiger charge is -2.12. The Kier molecular flexibility index (Phi) is 5.56. The lowest BCUT2D eigenvalue weighted by atomic mass is 10.2. The Labute approximate surface area is 131 Å². The van der Waals surface area contributed by atoms with Crippen molar-refractivity contribution in [2.45, 2.75) is 13.0 Å². The van der Waals surface area contributed by atoms with Crippen LogP contribution in [0.5, 0.6) is 0 Å². The van der Waals surface area contributed by atoms with Gasteiger partial charge in [0.25, 0.3) is 0 Å². The fraction of sp³-hybridized carbons (Fsp3) is 0.286. The summed E-state index contributed by atoms with van der Waals surface area (Å²) in [5, 5.41) is 14.2. The zero-order chi connectivity index (χ0) is 15.9. The van der Waals surface area contributed by atoms with E-state index in [1.165, 1.54) is 18.4 Å². The van der Waals surface area contributed by atoms with Crippen LogP contribution in [0.25, 0.3) is 10.6 Å². The molecule has 22 heavy (non-hydrogen) atoms. The predicted molar refractivity (Wildman–Crippen MR) is 83.5 cm³/mol. The molecule has 116 valence electrons. The average molecular weight is 320 g/mol.